The van der Waals surface area contributed by atoms with Crippen molar-refractivity contribution in [2.75, 3.05) is 18.6 Å². The summed E-state index contributed by atoms with van der Waals surface area (Å²) in [4.78, 5) is 14.8. The molecule has 0 N–H and O–H groups in total. The summed E-state index contributed by atoms with van der Waals surface area (Å²) in [5.41, 5.74) is 1.25. The summed E-state index contributed by atoms with van der Waals surface area (Å²) < 4.78 is 11.2. The van der Waals surface area contributed by atoms with E-state index in [1.54, 1.807) is 42.5 Å². The number of nitrogens with zero attached hydrogens (tertiary/aromatic N) is 1. The maximum absolute atomic E-state index is 12.9. The molecule has 1 heterocycles. The Balaban J connectivity index is 1.90. The summed E-state index contributed by atoms with van der Waals surface area (Å²) >= 11 is 18.7. The molecule has 2 aromatic rings. The predicted octanol–water partition coefficient (Wildman–Crippen LogP) is 5.42. The van der Waals surface area contributed by atoms with Crippen molar-refractivity contribution < 1.29 is 14.3 Å². The van der Waals surface area contributed by atoms with E-state index in [4.69, 9.17) is 51.3 Å². The lowest BCUT2D eigenvalue weighted by atomic mass is 10.2. The Labute approximate surface area is 182 Å². The van der Waals surface area contributed by atoms with Gasteiger partial charge in [0.1, 0.15) is 6.61 Å². The molecule has 1 fully saturated rings. The number of methoxy groups -OCH3 is 1. The molecule has 1 aliphatic rings. The van der Waals surface area contributed by atoms with Gasteiger partial charge in [0.2, 0.25) is 0 Å². The molecule has 1 saturated heterocycles. The SMILES string of the molecule is C#CCOc1ccc(/C=C2/SC(=S)N(c3ccc(Cl)cc3Cl)C2=O)cc1OC. The van der Waals surface area contributed by atoms with Gasteiger partial charge in [0.05, 0.1) is 22.7 Å². The summed E-state index contributed by atoms with van der Waals surface area (Å²) in [7, 11) is 1.53. The van der Waals surface area contributed by atoms with Crippen molar-refractivity contribution in [2.45, 2.75) is 0 Å². The number of carbonyl (C=O) groups is 1. The average Bonchev–Trinajstić information content (AvgIpc) is 2.94. The van der Waals surface area contributed by atoms with Gasteiger partial charge >= 0.3 is 0 Å². The van der Waals surface area contributed by atoms with Crippen molar-refractivity contribution in [3.05, 3.63) is 56.9 Å². The smallest absolute Gasteiger partial charge is 0.270 e. The Hall–Kier alpha value is -2.17. The predicted molar refractivity (Wildman–Crippen MR) is 119 cm³/mol. The number of rotatable bonds is 5. The first kappa shape index (κ1) is 20.6. The molecular formula is C20H13Cl2NO3S2. The lowest BCUT2D eigenvalue weighted by Gasteiger charge is -2.16. The molecule has 1 aliphatic heterocycles. The molecule has 0 radical (unpaired) electrons. The zero-order valence-corrected chi connectivity index (χ0v) is 17.7. The number of benzene rings is 2. The van der Waals surface area contributed by atoms with Gasteiger partial charge < -0.3 is 9.47 Å². The van der Waals surface area contributed by atoms with E-state index in [1.165, 1.54) is 23.8 Å². The van der Waals surface area contributed by atoms with Crippen LogP contribution in [0.3, 0.4) is 0 Å². The minimum absolute atomic E-state index is 0.135. The lowest BCUT2D eigenvalue weighted by Crippen LogP contribution is -2.27. The number of amides is 1. The minimum atomic E-state index is -0.258. The van der Waals surface area contributed by atoms with Gasteiger partial charge in [0.15, 0.2) is 15.8 Å². The third kappa shape index (κ3) is 4.29. The van der Waals surface area contributed by atoms with Gasteiger partial charge in [-0.15, -0.1) is 6.42 Å². The quantitative estimate of drug-likeness (QED) is 0.346. The number of hydrogen-bond acceptors (Lipinski definition) is 5. The molecule has 0 unspecified atom stereocenters. The van der Waals surface area contributed by atoms with E-state index in [9.17, 15) is 4.79 Å². The molecule has 0 saturated carbocycles. The highest BCUT2D eigenvalue weighted by atomic mass is 35.5. The van der Waals surface area contributed by atoms with Crippen LogP contribution in [0.15, 0.2) is 41.3 Å². The third-order valence-electron chi connectivity index (χ3n) is 3.74. The van der Waals surface area contributed by atoms with E-state index in [1.807, 2.05) is 0 Å². The molecular weight excluding hydrogens is 437 g/mol. The first-order chi connectivity index (χ1) is 13.4. The maximum atomic E-state index is 12.9. The molecule has 28 heavy (non-hydrogen) atoms. The summed E-state index contributed by atoms with van der Waals surface area (Å²) in [6.45, 7) is 0.135. The Bertz CT molecular complexity index is 1030. The number of terminal acetylenes is 1. The Kier molecular flexibility index (Phi) is 6.53. The van der Waals surface area contributed by atoms with E-state index in [0.29, 0.717) is 36.5 Å². The average molecular weight is 450 g/mol. The van der Waals surface area contributed by atoms with Crippen LogP contribution >= 0.6 is 47.2 Å². The Morgan fingerprint density at radius 2 is 2.04 bits per heavy atom. The second-order valence-corrected chi connectivity index (χ2v) is 8.04. The molecule has 0 aromatic heterocycles. The number of ether oxygens (including phenoxy) is 2. The Morgan fingerprint density at radius 3 is 2.71 bits per heavy atom. The first-order valence-corrected chi connectivity index (χ1v) is 9.90. The molecule has 8 heteroatoms. The standard InChI is InChI=1S/C20H13Cl2NO3S2/c1-3-8-26-16-7-4-12(9-17(16)25-2)10-18-19(24)23(20(27)28-18)15-6-5-13(21)11-14(15)22/h1,4-7,9-11H,8H2,2H3/b18-10+. The van der Waals surface area contributed by atoms with E-state index >= 15 is 0 Å². The van der Waals surface area contributed by atoms with Gasteiger partial charge in [-0.3, -0.25) is 9.69 Å². The van der Waals surface area contributed by atoms with Crippen molar-refractivity contribution in [3.63, 3.8) is 0 Å². The minimum Gasteiger partial charge on any atom is -0.493 e. The largest absolute Gasteiger partial charge is 0.493 e. The van der Waals surface area contributed by atoms with Crippen molar-refractivity contribution in [2.24, 2.45) is 0 Å². The fraction of sp³-hybridized carbons (Fsp3) is 0.100. The molecule has 4 nitrogen and oxygen atoms in total. The van der Waals surface area contributed by atoms with Gasteiger partial charge in [-0.05, 0) is 42.0 Å². The zero-order chi connectivity index (χ0) is 20.3. The number of hydrogen-bond donors (Lipinski definition) is 0. The Morgan fingerprint density at radius 1 is 1.25 bits per heavy atom. The van der Waals surface area contributed by atoms with E-state index in [-0.39, 0.29) is 12.5 Å². The molecule has 2 aromatic carbocycles. The number of halogens is 2. The van der Waals surface area contributed by atoms with Crippen LogP contribution in [0.25, 0.3) is 6.08 Å². The maximum Gasteiger partial charge on any atom is 0.270 e. The highest BCUT2D eigenvalue weighted by molar-refractivity contribution is 8.27. The number of carbonyl (C=O) groups excluding carboxylic acids is 1. The van der Waals surface area contributed by atoms with Gasteiger partial charge in [0.25, 0.3) is 5.91 Å². The molecule has 0 aliphatic carbocycles. The topological polar surface area (TPSA) is 38.8 Å². The summed E-state index contributed by atoms with van der Waals surface area (Å²) in [6, 6.07) is 10.2. The van der Waals surface area contributed by atoms with E-state index in [2.05, 4.69) is 5.92 Å². The fourth-order valence-corrected chi connectivity index (χ4v) is 4.28. The molecule has 3 rings (SSSR count). The van der Waals surface area contributed by atoms with Crippen molar-refractivity contribution in [3.8, 4) is 23.8 Å². The van der Waals surface area contributed by atoms with E-state index < -0.39 is 0 Å². The van der Waals surface area contributed by atoms with Gasteiger partial charge in [0, 0.05) is 5.02 Å². The highest BCUT2D eigenvalue weighted by Gasteiger charge is 2.34. The first-order valence-electron chi connectivity index (χ1n) is 7.92. The molecule has 1 amide bonds. The van der Waals surface area contributed by atoms with Crippen molar-refractivity contribution in [1.29, 1.82) is 0 Å². The summed E-state index contributed by atoms with van der Waals surface area (Å²) in [5, 5.41) is 0.829. The molecule has 0 bridgehead atoms. The van der Waals surface area contributed by atoms with Crippen molar-refractivity contribution >= 4 is 69.2 Å². The van der Waals surface area contributed by atoms with Crippen LogP contribution in [0.4, 0.5) is 5.69 Å². The van der Waals surface area contributed by atoms with Crippen LogP contribution in [0, 0.1) is 12.3 Å². The molecule has 142 valence electrons. The monoisotopic (exact) mass is 449 g/mol. The molecule has 0 atom stereocenters. The number of thiocarbonyl (C=S) groups is 1. The van der Waals surface area contributed by atoms with Crippen LogP contribution in [0.5, 0.6) is 11.5 Å². The number of anilines is 1. The number of thioether (sulfide) groups is 1. The van der Waals surface area contributed by atoms with Crippen LogP contribution < -0.4 is 14.4 Å². The summed E-state index contributed by atoms with van der Waals surface area (Å²) in [6.07, 6.45) is 6.95. The summed E-state index contributed by atoms with van der Waals surface area (Å²) in [5.74, 6) is 3.18. The van der Waals surface area contributed by atoms with Crippen LogP contribution in [0.1, 0.15) is 5.56 Å². The second-order valence-electron chi connectivity index (χ2n) is 5.52. The van der Waals surface area contributed by atoms with Crippen LogP contribution in [-0.2, 0) is 4.79 Å². The highest BCUT2D eigenvalue weighted by Crippen LogP contribution is 2.40. The zero-order valence-electron chi connectivity index (χ0n) is 14.6. The van der Waals surface area contributed by atoms with Gasteiger partial charge in [-0.1, -0.05) is 59.2 Å². The second kappa shape index (κ2) is 8.89. The van der Waals surface area contributed by atoms with Crippen LogP contribution in [-0.4, -0.2) is 23.9 Å². The van der Waals surface area contributed by atoms with E-state index in [0.717, 1.165) is 5.56 Å². The third-order valence-corrected chi connectivity index (χ3v) is 5.58. The molecule has 0 spiro atoms. The van der Waals surface area contributed by atoms with Gasteiger partial charge in [-0.25, -0.2) is 0 Å². The van der Waals surface area contributed by atoms with Crippen LogP contribution in [0.2, 0.25) is 10.0 Å². The van der Waals surface area contributed by atoms with Crippen molar-refractivity contribution in [1.82, 2.24) is 0 Å². The fourth-order valence-electron chi connectivity index (χ4n) is 2.50. The lowest BCUT2D eigenvalue weighted by molar-refractivity contribution is -0.113. The van der Waals surface area contributed by atoms with Gasteiger partial charge in [-0.2, -0.15) is 0 Å². The normalized spacial score (nSPS) is 15.1.